The molecule has 0 aliphatic heterocycles. The number of thiophene rings is 1. The van der Waals surface area contributed by atoms with Gasteiger partial charge in [-0.25, -0.2) is 0 Å². The second-order valence-electron chi connectivity index (χ2n) is 4.15. The van der Waals surface area contributed by atoms with Crippen LogP contribution in [0.1, 0.15) is 32.9 Å². The predicted molar refractivity (Wildman–Crippen MR) is 75.0 cm³/mol. The molecule has 2 heterocycles. The number of hydrogen-bond donors (Lipinski definition) is 0. The minimum atomic E-state index is 0.0542. The van der Waals surface area contributed by atoms with Crippen LogP contribution >= 0.6 is 11.3 Å². The Balaban J connectivity index is 2.13. The first-order chi connectivity index (χ1) is 8.60. The SMILES string of the molecule is CCc1ccc(C(=O)/C=C/c2cc(C)nn2C)s1. The summed E-state index contributed by atoms with van der Waals surface area (Å²) in [7, 11) is 1.87. The lowest BCUT2D eigenvalue weighted by atomic mass is 10.2. The minimum Gasteiger partial charge on any atom is -0.288 e. The summed E-state index contributed by atoms with van der Waals surface area (Å²) in [6, 6.07) is 5.86. The summed E-state index contributed by atoms with van der Waals surface area (Å²) in [5.41, 5.74) is 1.89. The zero-order chi connectivity index (χ0) is 13.1. The van der Waals surface area contributed by atoms with Crippen LogP contribution in [0.3, 0.4) is 0 Å². The van der Waals surface area contributed by atoms with Gasteiger partial charge in [0.05, 0.1) is 16.3 Å². The summed E-state index contributed by atoms with van der Waals surface area (Å²) in [6.07, 6.45) is 4.40. The molecule has 0 amide bonds. The molecule has 2 aromatic rings. The number of nitrogens with zero attached hydrogens (tertiary/aromatic N) is 2. The molecule has 0 radical (unpaired) electrons. The van der Waals surface area contributed by atoms with E-state index in [1.165, 1.54) is 4.88 Å². The Hall–Kier alpha value is -1.68. The van der Waals surface area contributed by atoms with Crippen molar-refractivity contribution in [3.8, 4) is 0 Å². The fraction of sp³-hybridized carbons (Fsp3) is 0.286. The predicted octanol–water partition coefficient (Wildman–Crippen LogP) is 3.25. The van der Waals surface area contributed by atoms with Crippen LogP contribution < -0.4 is 0 Å². The van der Waals surface area contributed by atoms with Crippen LogP contribution in [0.25, 0.3) is 6.08 Å². The summed E-state index contributed by atoms with van der Waals surface area (Å²) in [4.78, 5) is 14.0. The van der Waals surface area contributed by atoms with Gasteiger partial charge in [-0.05, 0) is 43.7 Å². The van der Waals surface area contributed by atoms with Gasteiger partial charge in [-0.1, -0.05) is 6.92 Å². The molecule has 0 saturated carbocycles. The molecule has 0 unspecified atom stereocenters. The monoisotopic (exact) mass is 260 g/mol. The Morgan fingerprint density at radius 1 is 1.50 bits per heavy atom. The second-order valence-corrected chi connectivity index (χ2v) is 5.32. The van der Waals surface area contributed by atoms with Gasteiger partial charge in [-0.3, -0.25) is 9.48 Å². The van der Waals surface area contributed by atoms with Crippen molar-refractivity contribution in [3.05, 3.63) is 45.4 Å². The first-order valence-electron chi connectivity index (χ1n) is 5.92. The van der Waals surface area contributed by atoms with E-state index < -0.39 is 0 Å². The molecule has 0 aromatic carbocycles. The molecule has 0 fully saturated rings. The summed E-state index contributed by atoms with van der Waals surface area (Å²) < 4.78 is 1.77. The third-order valence-electron chi connectivity index (χ3n) is 2.70. The molecular formula is C14H16N2OS. The molecule has 2 rings (SSSR count). The molecule has 4 heteroatoms. The zero-order valence-corrected chi connectivity index (χ0v) is 11.6. The fourth-order valence-corrected chi connectivity index (χ4v) is 2.60. The average Bonchev–Trinajstić information content (AvgIpc) is 2.93. The standard InChI is InChI=1S/C14H16N2OS/c1-4-12-6-8-14(18-12)13(17)7-5-11-9-10(2)15-16(11)3/h5-9H,4H2,1-3H3/b7-5+. The molecule has 0 bridgehead atoms. The lowest BCUT2D eigenvalue weighted by Gasteiger charge is -1.93. The molecule has 0 spiro atoms. The Morgan fingerprint density at radius 2 is 2.28 bits per heavy atom. The quantitative estimate of drug-likeness (QED) is 0.625. The number of rotatable bonds is 4. The van der Waals surface area contributed by atoms with E-state index >= 15 is 0 Å². The van der Waals surface area contributed by atoms with E-state index in [0.717, 1.165) is 22.7 Å². The number of aromatic nitrogens is 2. The number of aryl methyl sites for hydroxylation is 3. The first kappa shape index (κ1) is 12.8. The van der Waals surface area contributed by atoms with Crippen molar-refractivity contribution in [2.24, 2.45) is 7.05 Å². The number of ketones is 1. The maximum Gasteiger partial charge on any atom is 0.195 e. The topological polar surface area (TPSA) is 34.9 Å². The van der Waals surface area contributed by atoms with Crippen molar-refractivity contribution in [1.82, 2.24) is 9.78 Å². The molecule has 0 atom stereocenters. The molecule has 2 aromatic heterocycles. The lowest BCUT2D eigenvalue weighted by molar-refractivity contribution is 0.105. The van der Waals surface area contributed by atoms with Crippen LogP contribution in [0.2, 0.25) is 0 Å². The van der Waals surface area contributed by atoms with Gasteiger partial charge >= 0.3 is 0 Å². The van der Waals surface area contributed by atoms with Crippen molar-refractivity contribution in [1.29, 1.82) is 0 Å². The van der Waals surface area contributed by atoms with E-state index in [9.17, 15) is 4.79 Å². The van der Waals surface area contributed by atoms with Gasteiger partial charge in [-0.2, -0.15) is 5.10 Å². The molecule has 0 aliphatic rings. The van der Waals surface area contributed by atoms with Gasteiger partial charge in [0.15, 0.2) is 5.78 Å². The van der Waals surface area contributed by atoms with Crippen molar-refractivity contribution < 1.29 is 4.79 Å². The van der Waals surface area contributed by atoms with Crippen molar-refractivity contribution in [2.75, 3.05) is 0 Å². The van der Waals surface area contributed by atoms with E-state index in [2.05, 4.69) is 12.0 Å². The van der Waals surface area contributed by atoms with Gasteiger partial charge in [0.1, 0.15) is 0 Å². The van der Waals surface area contributed by atoms with Gasteiger partial charge < -0.3 is 0 Å². The van der Waals surface area contributed by atoms with E-state index in [-0.39, 0.29) is 5.78 Å². The van der Waals surface area contributed by atoms with Crippen LogP contribution in [0.4, 0.5) is 0 Å². The molecule has 0 aliphatic carbocycles. The van der Waals surface area contributed by atoms with E-state index in [1.54, 1.807) is 22.1 Å². The van der Waals surface area contributed by atoms with E-state index in [0.29, 0.717) is 0 Å². The third-order valence-corrected chi connectivity index (χ3v) is 3.94. The number of hydrogen-bond acceptors (Lipinski definition) is 3. The first-order valence-corrected chi connectivity index (χ1v) is 6.73. The number of carbonyl (C=O) groups is 1. The lowest BCUT2D eigenvalue weighted by Crippen LogP contribution is -1.94. The van der Waals surface area contributed by atoms with Crippen LogP contribution in [0.15, 0.2) is 24.3 Å². The molecule has 0 saturated heterocycles. The van der Waals surface area contributed by atoms with Crippen LogP contribution in [-0.2, 0) is 13.5 Å². The zero-order valence-electron chi connectivity index (χ0n) is 10.8. The smallest absolute Gasteiger partial charge is 0.195 e. The Bertz CT molecular complexity index is 593. The van der Waals surface area contributed by atoms with E-state index in [4.69, 9.17) is 0 Å². The van der Waals surface area contributed by atoms with Crippen molar-refractivity contribution in [2.45, 2.75) is 20.3 Å². The molecule has 18 heavy (non-hydrogen) atoms. The molecule has 94 valence electrons. The van der Waals surface area contributed by atoms with Crippen LogP contribution in [-0.4, -0.2) is 15.6 Å². The van der Waals surface area contributed by atoms with Gasteiger partial charge in [-0.15, -0.1) is 11.3 Å². The highest BCUT2D eigenvalue weighted by Gasteiger charge is 2.06. The number of allylic oxidation sites excluding steroid dienone is 1. The maximum absolute atomic E-state index is 12.0. The van der Waals surface area contributed by atoms with Gasteiger partial charge in [0, 0.05) is 11.9 Å². The molecular weight excluding hydrogens is 244 g/mol. The highest BCUT2D eigenvalue weighted by molar-refractivity contribution is 7.14. The van der Waals surface area contributed by atoms with Crippen LogP contribution in [0, 0.1) is 6.92 Å². The van der Waals surface area contributed by atoms with Crippen molar-refractivity contribution in [3.63, 3.8) is 0 Å². The second kappa shape index (κ2) is 5.31. The summed E-state index contributed by atoms with van der Waals surface area (Å²) in [6.45, 7) is 4.03. The van der Waals surface area contributed by atoms with Gasteiger partial charge in [0.2, 0.25) is 0 Å². The number of carbonyl (C=O) groups excluding carboxylic acids is 1. The maximum atomic E-state index is 12.0. The Labute approximate surface area is 111 Å². The average molecular weight is 260 g/mol. The van der Waals surface area contributed by atoms with E-state index in [1.807, 2.05) is 38.2 Å². The summed E-state index contributed by atoms with van der Waals surface area (Å²) >= 11 is 1.56. The Kier molecular flexibility index (Phi) is 3.77. The van der Waals surface area contributed by atoms with Crippen LogP contribution in [0.5, 0.6) is 0 Å². The highest BCUT2D eigenvalue weighted by Crippen LogP contribution is 2.18. The highest BCUT2D eigenvalue weighted by atomic mass is 32.1. The molecule has 0 N–H and O–H groups in total. The van der Waals surface area contributed by atoms with Crippen molar-refractivity contribution >= 4 is 23.2 Å². The molecule has 3 nitrogen and oxygen atoms in total. The fourth-order valence-electron chi connectivity index (χ4n) is 1.73. The van der Waals surface area contributed by atoms with Gasteiger partial charge in [0.25, 0.3) is 0 Å². The third kappa shape index (κ3) is 2.76. The Morgan fingerprint density at radius 3 is 2.83 bits per heavy atom. The normalized spacial score (nSPS) is 11.3. The minimum absolute atomic E-state index is 0.0542. The summed E-state index contributed by atoms with van der Waals surface area (Å²) in [5, 5.41) is 4.24. The summed E-state index contributed by atoms with van der Waals surface area (Å²) in [5.74, 6) is 0.0542. The largest absolute Gasteiger partial charge is 0.288 e.